The molecule has 0 saturated carbocycles. The molecule has 31 heavy (non-hydrogen) atoms. The number of hydrogen-bond donors (Lipinski definition) is 1. The van der Waals surface area contributed by atoms with Crippen LogP contribution in [0.3, 0.4) is 0 Å². The lowest BCUT2D eigenvalue weighted by molar-refractivity contribution is 0.346. The van der Waals surface area contributed by atoms with Gasteiger partial charge in [0.05, 0.1) is 10.5 Å². The highest BCUT2D eigenvalue weighted by Crippen LogP contribution is 2.30. The van der Waals surface area contributed by atoms with E-state index in [1.165, 1.54) is 0 Å². The molecular weight excluding hydrogens is 412 g/mol. The van der Waals surface area contributed by atoms with Crippen LogP contribution in [0.5, 0.6) is 0 Å². The first-order valence-corrected chi connectivity index (χ1v) is 11.6. The molecule has 0 bridgehead atoms. The molecule has 3 aromatic heterocycles. The molecule has 1 fully saturated rings. The predicted octanol–water partition coefficient (Wildman–Crippen LogP) is 3.24. The van der Waals surface area contributed by atoms with E-state index in [0.717, 1.165) is 24.9 Å². The van der Waals surface area contributed by atoms with Gasteiger partial charge in [0.1, 0.15) is 11.3 Å². The van der Waals surface area contributed by atoms with Crippen molar-refractivity contribution in [1.82, 2.24) is 23.8 Å². The van der Waals surface area contributed by atoms with Gasteiger partial charge in [0.25, 0.3) is 0 Å². The number of piperidine rings is 1. The van der Waals surface area contributed by atoms with Crippen molar-refractivity contribution in [3.8, 4) is 17.1 Å². The minimum atomic E-state index is -3.50. The SMILES string of the molecule is Nc1ncccc1-c1nc2cccnc2n1-c1ccc(S(=O)(=O)N2CCCCC2)cc1. The van der Waals surface area contributed by atoms with E-state index >= 15 is 0 Å². The number of nitrogen functional groups attached to an aromatic ring is 1. The van der Waals surface area contributed by atoms with E-state index in [1.807, 2.05) is 22.8 Å². The van der Waals surface area contributed by atoms with Crippen LogP contribution in [0.4, 0.5) is 5.82 Å². The highest BCUT2D eigenvalue weighted by Gasteiger charge is 2.26. The fourth-order valence-corrected chi connectivity index (χ4v) is 5.48. The van der Waals surface area contributed by atoms with E-state index in [4.69, 9.17) is 10.7 Å². The van der Waals surface area contributed by atoms with Crippen molar-refractivity contribution in [2.24, 2.45) is 0 Å². The molecule has 0 unspecified atom stereocenters. The van der Waals surface area contributed by atoms with Crippen molar-refractivity contribution < 1.29 is 8.42 Å². The fraction of sp³-hybridized carbons (Fsp3) is 0.227. The summed E-state index contributed by atoms with van der Waals surface area (Å²) < 4.78 is 29.4. The maximum Gasteiger partial charge on any atom is 0.243 e. The molecule has 0 amide bonds. The zero-order valence-electron chi connectivity index (χ0n) is 16.8. The monoisotopic (exact) mass is 434 g/mol. The third kappa shape index (κ3) is 3.45. The van der Waals surface area contributed by atoms with Crippen molar-refractivity contribution in [2.75, 3.05) is 18.8 Å². The average molecular weight is 435 g/mol. The second-order valence-electron chi connectivity index (χ2n) is 7.51. The van der Waals surface area contributed by atoms with Crippen LogP contribution in [0.1, 0.15) is 19.3 Å². The molecular formula is C22H22N6O2S. The Balaban J connectivity index is 1.62. The highest BCUT2D eigenvalue weighted by molar-refractivity contribution is 7.89. The molecule has 0 atom stereocenters. The summed E-state index contributed by atoms with van der Waals surface area (Å²) in [7, 11) is -3.50. The van der Waals surface area contributed by atoms with E-state index in [9.17, 15) is 8.42 Å². The van der Waals surface area contributed by atoms with Crippen molar-refractivity contribution in [1.29, 1.82) is 0 Å². The van der Waals surface area contributed by atoms with Crippen LogP contribution in [-0.2, 0) is 10.0 Å². The smallest absolute Gasteiger partial charge is 0.243 e. The van der Waals surface area contributed by atoms with Gasteiger partial charge < -0.3 is 5.73 Å². The molecule has 4 aromatic rings. The zero-order chi connectivity index (χ0) is 21.4. The Morgan fingerprint density at radius 3 is 2.32 bits per heavy atom. The molecule has 1 aromatic carbocycles. The van der Waals surface area contributed by atoms with Gasteiger partial charge in [-0.1, -0.05) is 6.42 Å². The molecule has 8 nitrogen and oxygen atoms in total. The number of fused-ring (bicyclic) bond motifs is 1. The summed E-state index contributed by atoms with van der Waals surface area (Å²) in [5, 5.41) is 0. The van der Waals surface area contributed by atoms with Gasteiger partial charge in [-0.15, -0.1) is 0 Å². The Morgan fingerprint density at radius 2 is 1.58 bits per heavy atom. The molecule has 4 heterocycles. The minimum absolute atomic E-state index is 0.290. The second-order valence-corrected chi connectivity index (χ2v) is 9.45. The topological polar surface area (TPSA) is 107 Å². The normalized spacial score (nSPS) is 15.4. The van der Waals surface area contributed by atoms with Crippen LogP contribution in [0.2, 0.25) is 0 Å². The number of pyridine rings is 2. The molecule has 1 aliphatic heterocycles. The van der Waals surface area contributed by atoms with Gasteiger partial charge in [0.15, 0.2) is 11.5 Å². The van der Waals surface area contributed by atoms with Crippen molar-refractivity contribution >= 4 is 27.0 Å². The van der Waals surface area contributed by atoms with Crippen molar-refractivity contribution in [2.45, 2.75) is 24.2 Å². The third-order valence-electron chi connectivity index (χ3n) is 5.54. The van der Waals surface area contributed by atoms with Gasteiger partial charge >= 0.3 is 0 Å². The van der Waals surface area contributed by atoms with Crippen LogP contribution in [0, 0.1) is 0 Å². The average Bonchev–Trinajstić information content (AvgIpc) is 3.19. The van der Waals surface area contributed by atoms with Gasteiger partial charge in [0.2, 0.25) is 10.0 Å². The standard InChI is InChI=1S/C22H22N6O2S/c23-20-18(6-4-12-24-20)21-26-19-7-5-13-25-22(19)28(21)16-8-10-17(11-9-16)31(29,30)27-14-2-1-3-15-27/h4-13H,1-3,14-15H2,(H2,23,24). The van der Waals surface area contributed by atoms with Gasteiger partial charge in [-0.05, 0) is 61.4 Å². The van der Waals surface area contributed by atoms with Gasteiger partial charge in [0, 0.05) is 31.2 Å². The maximum atomic E-state index is 13.0. The summed E-state index contributed by atoms with van der Waals surface area (Å²) in [5.41, 5.74) is 8.92. The van der Waals surface area contributed by atoms with Crippen LogP contribution in [-0.4, -0.2) is 45.3 Å². The van der Waals surface area contributed by atoms with Crippen LogP contribution in [0.25, 0.3) is 28.2 Å². The number of benzene rings is 1. The lowest BCUT2D eigenvalue weighted by Crippen LogP contribution is -2.35. The molecule has 0 radical (unpaired) electrons. The summed E-state index contributed by atoms with van der Waals surface area (Å²) in [6.45, 7) is 1.15. The van der Waals surface area contributed by atoms with Crippen LogP contribution in [0.15, 0.2) is 65.8 Å². The number of aromatic nitrogens is 4. The van der Waals surface area contributed by atoms with E-state index in [1.54, 1.807) is 47.0 Å². The first-order chi connectivity index (χ1) is 15.1. The summed E-state index contributed by atoms with van der Waals surface area (Å²) in [6.07, 6.45) is 6.21. The number of imidazole rings is 1. The van der Waals surface area contributed by atoms with Crippen molar-refractivity contribution in [3.63, 3.8) is 0 Å². The molecule has 5 rings (SSSR count). The Labute approximate surface area is 180 Å². The van der Waals surface area contributed by atoms with Gasteiger partial charge in [-0.25, -0.2) is 23.4 Å². The number of hydrogen-bond acceptors (Lipinski definition) is 6. The van der Waals surface area contributed by atoms with E-state index in [0.29, 0.717) is 41.5 Å². The lowest BCUT2D eigenvalue weighted by Gasteiger charge is -2.25. The molecule has 0 spiro atoms. The molecule has 0 aliphatic carbocycles. The maximum absolute atomic E-state index is 13.0. The Hall–Kier alpha value is -3.30. The second kappa shape index (κ2) is 7.75. The number of sulfonamides is 1. The zero-order valence-corrected chi connectivity index (χ0v) is 17.7. The molecule has 1 aliphatic rings. The predicted molar refractivity (Wildman–Crippen MR) is 119 cm³/mol. The fourth-order valence-electron chi connectivity index (χ4n) is 3.97. The molecule has 9 heteroatoms. The summed E-state index contributed by atoms with van der Waals surface area (Å²) in [5.74, 6) is 0.967. The largest absolute Gasteiger partial charge is 0.383 e. The van der Waals surface area contributed by atoms with Crippen molar-refractivity contribution in [3.05, 3.63) is 60.9 Å². The number of rotatable bonds is 4. The van der Waals surface area contributed by atoms with E-state index < -0.39 is 10.0 Å². The Bertz CT molecular complexity index is 1340. The Morgan fingerprint density at radius 1 is 0.871 bits per heavy atom. The quantitative estimate of drug-likeness (QED) is 0.528. The first kappa shape index (κ1) is 19.7. The van der Waals surface area contributed by atoms with Crippen LogP contribution >= 0.6 is 0 Å². The number of nitrogens with zero attached hydrogens (tertiary/aromatic N) is 5. The Kier molecular flexibility index (Phi) is 4.91. The molecule has 2 N–H and O–H groups in total. The minimum Gasteiger partial charge on any atom is -0.383 e. The summed E-state index contributed by atoms with van der Waals surface area (Å²) >= 11 is 0. The summed E-state index contributed by atoms with van der Waals surface area (Å²) in [6, 6.07) is 14.2. The lowest BCUT2D eigenvalue weighted by atomic mass is 10.2. The number of nitrogens with two attached hydrogens (primary N) is 1. The van der Waals surface area contributed by atoms with Crippen LogP contribution < -0.4 is 5.73 Å². The first-order valence-electron chi connectivity index (χ1n) is 10.2. The van der Waals surface area contributed by atoms with Gasteiger partial charge in [-0.2, -0.15) is 4.31 Å². The highest BCUT2D eigenvalue weighted by atomic mass is 32.2. The summed E-state index contributed by atoms with van der Waals surface area (Å²) in [4.78, 5) is 13.7. The third-order valence-corrected chi connectivity index (χ3v) is 7.46. The molecule has 1 saturated heterocycles. The molecule has 158 valence electrons. The number of anilines is 1. The van der Waals surface area contributed by atoms with E-state index in [2.05, 4.69) is 9.97 Å². The van der Waals surface area contributed by atoms with E-state index in [-0.39, 0.29) is 4.90 Å². The van der Waals surface area contributed by atoms with Gasteiger partial charge in [-0.3, -0.25) is 4.57 Å².